The first-order chi connectivity index (χ1) is 14.0. The summed E-state index contributed by atoms with van der Waals surface area (Å²) in [7, 11) is 6.30. The van der Waals surface area contributed by atoms with Crippen LogP contribution in [0.2, 0.25) is 0 Å². The zero-order valence-electron chi connectivity index (χ0n) is 17.9. The number of fused-ring (bicyclic) bond motifs is 1. The van der Waals surface area contributed by atoms with Crippen molar-refractivity contribution >= 4 is 22.4 Å². The lowest BCUT2D eigenvalue weighted by Gasteiger charge is -2.22. The Morgan fingerprint density at radius 3 is 2.52 bits per heavy atom. The molecular formula is C23H32N6. The Hall–Kier alpha value is -2.70. The molecule has 6 heteroatoms. The standard InChI is InChI=1S/C23H32N6/c1-5-7-22(24)27-23-19-8-6-13-25-21(19)16-20(26-23)17-9-11-18(12-10-17)29(4)15-14-28(2)3/h6,8-13,16,22H,5,7,14-15,24H2,1-4H3,(H,26,27). The van der Waals surface area contributed by atoms with E-state index in [2.05, 4.69) is 72.4 Å². The first-order valence-corrected chi connectivity index (χ1v) is 10.2. The molecule has 0 spiro atoms. The van der Waals surface area contributed by atoms with Crippen LogP contribution < -0.4 is 16.0 Å². The highest BCUT2D eigenvalue weighted by Gasteiger charge is 2.11. The van der Waals surface area contributed by atoms with Gasteiger partial charge in [-0.05, 0) is 50.8 Å². The fraction of sp³-hybridized carbons (Fsp3) is 0.391. The van der Waals surface area contributed by atoms with E-state index in [0.29, 0.717) is 0 Å². The number of nitrogens with two attached hydrogens (primary N) is 1. The Bertz CT molecular complexity index is 922. The van der Waals surface area contributed by atoms with E-state index in [1.807, 2.05) is 24.4 Å². The number of hydrogen-bond donors (Lipinski definition) is 2. The lowest BCUT2D eigenvalue weighted by Crippen LogP contribution is -2.29. The Balaban J connectivity index is 1.89. The van der Waals surface area contributed by atoms with Gasteiger partial charge in [0.2, 0.25) is 0 Å². The molecule has 154 valence electrons. The second-order valence-electron chi connectivity index (χ2n) is 7.74. The van der Waals surface area contributed by atoms with Gasteiger partial charge in [-0.2, -0.15) is 0 Å². The average Bonchev–Trinajstić information content (AvgIpc) is 2.72. The van der Waals surface area contributed by atoms with Crippen LogP contribution in [-0.2, 0) is 0 Å². The van der Waals surface area contributed by atoms with Gasteiger partial charge >= 0.3 is 0 Å². The van der Waals surface area contributed by atoms with Gasteiger partial charge in [-0.1, -0.05) is 25.5 Å². The molecule has 0 aliphatic rings. The highest BCUT2D eigenvalue weighted by molar-refractivity contribution is 5.92. The maximum absolute atomic E-state index is 6.22. The van der Waals surface area contributed by atoms with Crippen molar-refractivity contribution in [2.45, 2.75) is 25.9 Å². The minimum absolute atomic E-state index is 0.126. The van der Waals surface area contributed by atoms with Gasteiger partial charge in [0.15, 0.2) is 0 Å². The molecular weight excluding hydrogens is 360 g/mol. The van der Waals surface area contributed by atoms with Crippen LogP contribution in [0.15, 0.2) is 48.7 Å². The number of pyridine rings is 2. The van der Waals surface area contributed by atoms with Gasteiger partial charge in [0.25, 0.3) is 0 Å². The van der Waals surface area contributed by atoms with E-state index in [9.17, 15) is 0 Å². The molecule has 3 rings (SSSR count). The second kappa shape index (κ2) is 9.67. The highest BCUT2D eigenvalue weighted by Crippen LogP contribution is 2.28. The van der Waals surface area contributed by atoms with E-state index in [4.69, 9.17) is 10.7 Å². The quantitative estimate of drug-likeness (QED) is 0.540. The van der Waals surface area contributed by atoms with Crippen molar-refractivity contribution in [2.75, 3.05) is 44.4 Å². The predicted molar refractivity (Wildman–Crippen MR) is 123 cm³/mol. The normalized spacial score (nSPS) is 12.3. The molecule has 0 aliphatic heterocycles. The Labute approximate surface area is 173 Å². The molecule has 1 unspecified atom stereocenters. The van der Waals surface area contributed by atoms with Crippen molar-refractivity contribution in [1.29, 1.82) is 0 Å². The minimum Gasteiger partial charge on any atom is -0.373 e. The van der Waals surface area contributed by atoms with Crippen molar-refractivity contribution in [2.24, 2.45) is 5.73 Å². The smallest absolute Gasteiger partial charge is 0.137 e. The van der Waals surface area contributed by atoms with Crippen molar-refractivity contribution in [3.63, 3.8) is 0 Å². The van der Waals surface area contributed by atoms with Crippen LogP contribution in [-0.4, -0.2) is 55.3 Å². The molecule has 0 amide bonds. The van der Waals surface area contributed by atoms with Crippen LogP contribution in [0.1, 0.15) is 19.8 Å². The number of anilines is 2. The third-order valence-electron chi connectivity index (χ3n) is 5.01. The highest BCUT2D eigenvalue weighted by atomic mass is 15.2. The van der Waals surface area contributed by atoms with Gasteiger partial charge in [-0.15, -0.1) is 0 Å². The topological polar surface area (TPSA) is 70.3 Å². The fourth-order valence-electron chi connectivity index (χ4n) is 3.26. The molecule has 2 heterocycles. The summed E-state index contributed by atoms with van der Waals surface area (Å²) in [4.78, 5) is 13.9. The van der Waals surface area contributed by atoms with Crippen LogP contribution in [0.25, 0.3) is 22.2 Å². The molecule has 0 saturated carbocycles. The Morgan fingerprint density at radius 2 is 1.83 bits per heavy atom. The van der Waals surface area contributed by atoms with Gasteiger partial charge in [-0.25, -0.2) is 4.98 Å². The Morgan fingerprint density at radius 1 is 1.07 bits per heavy atom. The van der Waals surface area contributed by atoms with Gasteiger partial charge in [0, 0.05) is 43.0 Å². The zero-order chi connectivity index (χ0) is 20.8. The molecule has 0 aliphatic carbocycles. The summed E-state index contributed by atoms with van der Waals surface area (Å²) in [6.07, 6.45) is 3.60. The van der Waals surface area contributed by atoms with Crippen molar-refractivity contribution < 1.29 is 0 Å². The lowest BCUT2D eigenvalue weighted by atomic mass is 10.1. The first kappa shape index (κ1) is 21.0. The third-order valence-corrected chi connectivity index (χ3v) is 5.01. The molecule has 0 radical (unpaired) electrons. The van der Waals surface area contributed by atoms with Gasteiger partial charge in [0.1, 0.15) is 5.82 Å². The monoisotopic (exact) mass is 392 g/mol. The Kier molecular flexibility index (Phi) is 7.01. The molecule has 6 nitrogen and oxygen atoms in total. The number of aromatic nitrogens is 2. The van der Waals surface area contributed by atoms with Crippen molar-refractivity contribution in [1.82, 2.24) is 14.9 Å². The number of hydrogen-bond acceptors (Lipinski definition) is 6. The lowest BCUT2D eigenvalue weighted by molar-refractivity contribution is 0.416. The van der Waals surface area contributed by atoms with Gasteiger partial charge < -0.3 is 20.9 Å². The number of benzene rings is 1. The van der Waals surface area contributed by atoms with E-state index in [0.717, 1.165) is 53.9 Å². The summed E-state index contributed by atoms with van der Waals surface area (Å²) in [6, 6.07) is 14.5. The van der Waals surface area contributed by atoms with E-state index in [-0.39, 0.29) is 6.17 Å². The summed E-state index contributed by atoms with van der Waals surface area (Å²) in [6.45, 7) is 4.12. The van der Waals surface area contributed by atoms with E-state index in [1.165, 1.54) is 5.69 Å². The summed E-state index contributed by atoms with van der Waals surface area (Å²) in [5.41, 5.74) is 10.3. The van der Waals surface area contributed by atoms with Crippen LogP contribution >= 0.6 is 0 Å². The largest absolute Gasteiger partial charge is 0.373 e. The molecule has 0 bridgehead atoms. The second-order valence-corrected chi connectivity index (χ2v) is 7.74. The van der Waals surface area contributed by atoms with E-state index in [1.54, 1.807) is 0 Å². The van der Waals surface area contributed by atoms with E-state index < -0.39 is 0 Å². The summed E-state index contributed by atoms with van der Waals surface area (Å²) in [5.74, 6) is 0.790. The van der Waals surface area contributed by atoms with Crippen LogP contribution in [0.3, 0.4) is 0 Å². The predicted octanol–water partition coefficient (Wildman–Crippen LogP) is 3.79. The van der Waals surface area contributed by atoms with Crippen LogP contribution in [0.4, 0.5) is 11.5 Å². The van der Waals surface area contributed by atoms with Gasteiger partial charge in [0.05, 0.1) is 17.4 Å². The van der Waals surface area contributed by atoms with Gasteiger partial charge in [-0.3, -0.25) is 4.98 Å². The number of likely N-dealkylation sites (N-methyl/N-ethyl adjacent to an activating group) is 2. The molecule has 0 saturated heterocycles. The number of rotatable bonds is 9. The molecule has 3 N–H and O–H groups in total. The fourth-order valence-corrected chi connectivity index (χ4v) is 3.26. The number of nitrogens with one attached hydrogen (secondary N) is 1. The molecule has 1 aromatic carbocycles. The molecule has 1 atom stereocenters. The first-order valence-electron chi connectivity index (χ1n) is 10.2. The maximum atomic E-state index is 6.22. The molecule has 2 aromatic heterocycles. The number of nitrogens with zero attached hydrogens (tertiary/aromatic N) is 4. The van der Waals surface area contributed by atoms with Crippen molar-refractivity contribution in [3.8, 4) is 11.3 Å². The summed E-state index contributed by atoms with van der Waals surface area (Å²) >= 11 is 0. The van der Waals surface area contributed by atoms with E-state index >= 15 is 0 Å². The maximum Gasteiger partial charge on any atom is 0.137 e. The average molecular weight is 393 g/mol. The molecule has 0 fully saturated rings. The molecule has 3 aromatic rings. The third kappa shape index (κ3) is 5.43. The van der Waals surface area contributed by atoms with Crippen LogP contribution in [0, 0.1) is 0 Å². The summed E-state index contributed by atoms with van der Waals surface area (Å²) in [5, 5.41) is 4.36. The molecule has 29 heavy (non-hydrogen) atoms. The summed E-state index contributed by atoms with van der Waals surface area (Å²) < 4.78 is 0. The van der Waals surface area contributed by atoms with Crippen molar-refractivity contribution in [3.05, 3.63) is 48.7 Å². The SMILES string of the molecule is CCCC(N)Nc1nc(-c2ccc(N(C)CCN(C)C)cc2)cc2ncccc12. The van der Waals surface area contributed by atoms with Crippen LogP contribution in [0.5, 0.6) is 0 Å². The zero-order valence-corrected chi connectivity index (χ0v) is 17.9. The minimum atomic E-state index is -0.126.